The van der Waals surface area contributed by atoms with E-state index in [9.17, 15) is 18.0 Å². The number of aryl methyl sites for hydroxylation is 1. The Morgan fingerprint density at radius 2 is 1.92 bits per heavy atom. The molecule has 0 unspecified atom stereocenters. The van der Waals surface area contributed by atoms with Gasteiger partial charge >= 0.3 is 6.18 Å². The Kier molecular flexibility index (Phi) is 6.63. The molecule has 0 aliphatic heterocycles. The first-order valence-corrected chi connectivity index (χ1v) is 7.99. The van der Waals surface area contributed by atoms with E-state index in [2.05, 4.69) is 5.10 Å². The summed E-state index contributed by atoms with van der Waals surface area (Å²) in [5.41, 5.74) is 4.14. The lowest BCUT2D eigenvalue weighted by atomic mass is 10.1. The zero-order valence-electron chi connectivity index (χ0n) is 13.8. The van der Waals surface area contributed by atoms with Crippen LogP contribution in [0, 0.1) is 6.92 Å². The lowest BCUT2D eigenvalue weighted by molar-refractivity contribution is -0.120. The predicted octanol–water partition coefficient (Wildman–Crippen LogP) is 4.90. The van der Waals surface area contributed by atoms with Gasteiger partial charge in [0.2, 0.25) is 0 Å². The Bertz CT molecular complexity index is 790. The Morgan fingerprint density at radius 1 is 1.23 bits per heavy atom. The van der Waals surface area contributed by atoms with E-state index in [1.807, 2.05) is 24.5 Å². The van der Waals surface area contributed by atoms with Crippen LogP contribution in [0.25, 0.3) is 0 Å². The normalized spacial score (nSPS) is 11.6. The summed E-state index contributed by atoms with van der Waals surface area (Å²) in [6.45, 7) is 2.18. The minimum atomic E-state index is -4.35. The van der Waals surface area contributed by atoms with E-state index in [4.69, 9.17) is 16.3 Å². The van der Waals surface area contributed by atoms with Crippen LogP contribution in [0.5, 0.6) is 5.75 Å². The molecule has 2 rings (SSSR count). The largest absolute Gasteiger partial charge is 0.487 e. The zero-order valence-corrected chi connectivity index (χ0v) is 14.6. The van der Waals surface area contributed by atoms with Gasteiger partial charge in [-0.3, -0.25) is 4.79 Å². The van der Waals surface area contributed by atoms with Gasteiger partial charge in [0.15, 0.2) is 0 Å². The first-order valence-electron chi connectivity index (χ1n) is 7.61. The highest BCUT2D eigenvalue weighted by Crippen LogP contribution is 2.26. The number of nitrogens with one attached hydrogen (secondary N) is 1. The third kappa shape index (κ3) is 6.40. The second kappa shape index (κ2) is 8.71. The van der Waals surface area contributed by atoms with Crippen LogP contribution in [0.2, 0.25) is 5.02 Å². The molecule has 0 radical (unpaired) electrons. The molecule has 0 aliphatic carbocycles. The molecule has 0 atom stereocenters. The second-order valence-corrected chi connectivity index (χ2v) is 5.90. The number of hydrogen-bond donors (Lipinski definition) is 1. The van der Waals surface area contributed by atoms with Crippen LogP contribution in [-0.4, -0.2) is 18.3 Å². The van der Waals surface area contributed by atoms with Gasteiger partial charge in [-0.15, -0.1) is 0 Å². The van der Waals surface area contributed by atoms with Crippen molar-refractivity contribution in [2.24, 2.45) is 5.10 Å². The number of carbonyl (C=O) groups excluding carboxylic acids is 1. The van der Waals surface area contributed by atoms with E-state index < -0.39 is 18.5 Å². The molecule has 0 bridgehead atoms. The molecule has 0 saturated carbocycles. The third-order valence-electron chi connectivity index (χ3n) is 3.28. The summed E-state index contributed by atoms with van der Waals surface area (Å²) in [6.07, 6.45) is -4.95. The van der Waals surface area contributed by atoms with Crippen molar-refractivity contribution in [3.05, 3.63) is 64.2 Å². The van der Waals surface area contributed by atoms with Crippen LogP contribution in [0.1, 0.15) is 27.9 Å². The molecular weight excluding hydrogens is 369 g/mol. The molecule has 0 spiro atoms. The van der Waals surface area contributed by atoms with E-state index in [1.165, 1.54) is 12.1 Å². The highest BCUT2D eigenvalue weighted by Gasteiger charge is 2.25. The van der Waals surface area contributed by atoms with Crippen LogP contribution in [0.3, 0.4) is 0 Å². The van der Waals surface area contributed by atoms with Crippen molar-refractivity contribution in [1.29, 1.82) is 0 Å². The fraction of sp³-hybridized carbons (Fsp3) is 0.222. The van der Waals surface area contributed by atoms with Crippen molar-refractivity contribution in [2.45, 2.75) is 26.1 Å². The lowest BCUT2D eigenvalue weighted by Gasteiger charge is -2.09. The first-order chi connectivity index (χ1) is 12.2. The number of nitrogens with zero attached hydrogens (tertiary/aromatic N) is 1. The van der Waals surface area contributed by atoms with Crippen LogP contribution in [0.15, 0.2) is 47.6 Å². The molecule has 138 valence electrons. The molecule has 1 N–H and O–H groups in total. The maximum atomic E-state index is 12.0. The number of carbonyl (C=O) groups is 1. The number of rotatable bonds is 6. The fourth-order valence-corrected chi connectivity index (χ4v) is 2.12. The second-order valence-electron chi connectivity index (χ2n) is 5.49. The smallest absolute Gasteiger partial charge is 0.394 e. The molecule has 1 amide bonds. The minimum absolute atomic E-state index is 0.259. The molecule has 26 heavy (non-hydrogen) atoms. The van der Waals surface area contributed by atoms with E-state index in [1.54, 1.807) is 18.2 Å². The van der Waals surface area contributed by atoms with Crippen molar-refractivity contribution in [3.8, 4) is 5.75 Å². The molecule has 0 aromatic heterocycles. The van der Waals surface area contributed by atoms with Crippen LogP contribution in [-0.2, 0) is 6.61 Å². The van der Waals surface area contributed by atoms with E-state index in [-0.39, 0.29) is 12.2 Å². The average Bonchev–Trinajstić information content (AvgIpc) is 2.59. The van der Waals surface area contributed by atoms with E-state index >= 15 is 0 Å². The lowest BCUT2D eigenvalue weighted by Crippen LogP contribution is -2.18. The zero-order chi connectivity index (χ0) is 19.2. The highest BCUT2D eigenvalue weighted by atomic mass is 35.5. The number of ether oxygens (including phenoxy) is 1. The van der Waals surface area contributed by atoms with E-state index in [0.29, 0.717) is 17.0 Å². The minimum Gasteiger partial charge on any atom is -0.487 e. The standard InChI is InChI=1S/C18H16ClF3N2O2/c1-12-2-7-15(19)16(10-12)26-11-13-3-5-14(6-4-13)17(25)24-23-9-8-18(20,21)22/h2-7,9-10H,8,11H2,1H3,(H,24,25)/b23-9-. The topological polar surface area (TPSA) is 50.7 Å². The maximum Gasteiger partial charge on any atom is 0.394 e. The summed E-state index contributed by atoms with van der Waals surface area (Å²) in [4.78, 5) is 11.8. The van der Waals surface area contributed by atoms with E-state index in [0.717, 1.165) is 11.1 Å². The molecule has 0 heterocycles. The predicted molar refractivity (Wildman–Crippen MR) is 93.6 cm³/mol. The van der Waals surface area contributed by atoms with Gasteiger partial charge in [0.25, 0.3) is 5.91 Å². The Balaban J connectivity index is 1.89. The average molecular weight is 385 g/mol. The monoisotopic (exact) mass is 384 g/mol. The summed E-state index contributed by atoms with van der Waals surface area (Å²) in [5, 5.41) is 3.77. The van der Waals surface area contributed by atoms with Gasteiger partial charge < -0.3 is 4.74 Å². The molecule has 8 heteroatoms. The number of alkyl halides is 3. The van der Waals surface area contributed by atoms with Crippen molar-refractivity contribution in [2.75, 3.05) is 0 Å². The highest BCUT2D eigenvalue weighted by molar-refractivity contribution is 6.32. The molecular formula is C18H16ClF3N2O2. The Hall–Kier alpha value is -2.54. The van der Waals surface area contributed by atoms with Crippen molar-refractivity contribution < 1.29 is 22.7 Å². The van der Waals surface area contributed by atoms with Gasteiger partial charge in [-0.25, -0.2) is 5.43 Å². The molecule has 2 aromatic carbocycles. The fourth-order valence-electron chi connectivity index (χ4n) is 1.95. The Morgan fingerprint density at radius 3 is 2.58 bits per heavy atom. The summed E-state index contributed by atoms with van der Waals surface area (Å²) in [6, 6.07) is 11.9. The van der Waals surface area contributed by atoms with Gasteiger partial charge in [0.05, 0.1) is 11.4 Å². The summed E-state index contributed by atoms with van der Waals surface area (Å²) >= 11 is 6.06. The van der Waals surface area contributed by atoms with Crippen molar-refractivity contribution >= 4 is 23.7 Å². The summed E-state index contributed by atoms with van der Waals surface area (Å²) < 4.78 is 41.5. The van der Waals surface area contributed by atoms with Gasteiger partial charge in [-0.1, -0.05) is 29.8 Å². The number of benzene rings is 2. The maximum absolute atomic E-state index is 12.0. The summed E-state index contributed by atoms with van der Waals surface area (Å²) in [5.74, 6) is -0.0369. The quantitative estimate of drug-likeness (QED) is 0.569. The molecule has 0 fully saturated rings. The first kappa shape index (κ1) is 19.8. The Labute approximate surface area is 153 Å². The van der Waals surface area contributed by atoms with Crippen molar-refractivity contribution in [1.82, 2.24) is 5.43 Å². The number of amides is 1. The SMILES string of the molecule is Cc1ccc(Cl)c(OCc2ccc(C(=O)N/N=C\CC(F)(F)F)cc2)c1. The van der Waals surface area contributed by atoms with Gasteiger partial charge in [-0.2, -0.15) is 18.3 Å². The van der Waals surface area contributed by atoms with Gasteiger partial charge in [0.1, 0.15) is 12.4 Å². The third-order valence-corrected chi connectivity index (χ3v) is 3.59. The molecule has 0 saturated heterocycles. The molecule has 2 aromatic rings. The van der Waals surface area contributed by atoms with Crippen molar-refractivity contribution in [3.63, 3.8) is 0 Å². The van der Waals surface area contributed by atoms with Crippen LogP contribution >= 0.6 is 11.6 Å². The van der Waals surface area contributed by atoms with Crippen LogP contribution < -0.4 is 10.2 Å². The summed E-state index contributed by atoms with van der Waals surface area (Å²) in [7, 11) is 0. The van der Waals surface area contributed by atoms with Crippen LogP contribution in [0.4, 0.5) is 13.2 Å². The number of hydrogen-bond acceptors (Lipinski definition) is 3. The van der Waals surface area contributed by atoms with Gasteiger partial charge in [0, 0.05) is 11.8 Å². The number of hydrazone groups is 1. The van der Waals surface area contributed by atoms with Gasteiger partial charge in [-0.05, 0) is 42.3 Å². The number of halogens is 4. The molecule has 4 nitrogen and oxygen atoms in total. The molecule has 0 aliphatic rings.